The molecule has 2 aromatic carbocycles. The maximum Gasteiger partial charge on any atom is 0.270 e. The molecule has 0 N–H and O–H groups in total. The topological polar surface area (TPSA) is 46.4 Å². The molecule has 0 spiro atoms. The van der Waals surface area contributed by atoms with Crippen molar-refractivity contribution in [1.82, 2.24) is 4.90 Å². The molecule has 0 amide bonds. The van der Waals surface area contributed by atoms with Crippen LogP contribution in [-0.2, 0) is 6.54 Å². The van der Waals surface area contributed by atoms with Crippen LogP contribution >= 0.6 is 0 Å². The van der Waals surface area contributed by atoms with Gasteiger partial charge in [0, 0.05) is 31.8 Å². The molecule has 0 unspecified atom stereocenters. The quantitative estimate of drug-likeness (QED) is 0.635. The van der Waals surface area contributed by atoms with E-state index < -0.39 is 0 Å². The Morgan fingerprint density at radius 1 is 1.09 bits per heavy atom. The normalized spacial score (nSPS) is 15.4. The Hall–Kier alpha value is -2.46. The molecular weight excluding hydrogens is 276 g/mol. The van der Waals surface area contributed by atoms with Crippen LogP contribution in [0.3, 0.4) is 0 Å². The summed E-state index contributed by atoms with van der Waals surface area (Å²) < 4.78 is 0. The lowest BCUT2D eigenvalue weighted by Gasteiger charge is -2.26. The first kappa shape index (κ1) is 14.5. The zero-order chi connectivity index (χ0) is 15.4. The van der Waals surface area contributed by atoms with E-state index in [-0.39, 0.29) is 10.6 Å². The Kier molecular flexibility index (Phi) is 4.30. The summed E-state index contributed by atoms with van der Waals surface area (Å²) in [4.78, 5) is 12.9. The Labute approximate surface area is 129 Å². The molecule has 1 aliphatic heterocycles. The smallest absolute Gasteiger partial charge is 0.270 e. The zero-order valence-corrected chi connectivity index (χ0v) is 12.3. The summed E-state index contributed by atoms with van der Waals surface area (Å²) in [6, 6.07) is 17.3. The van der Waals surface area contributed by atoms with Gasteiger partial charge in [-0.3, -0.25) is 15.0 Å². The van der Waals surface area contributed by atoms with E-state index in [9.17, 15) is 10.1 Å². The van der Waals surface area contributed by atoms with Gasteiger partial charge in [0.15, 0.2) is 0 Å². The third-order valence-corrected chi connectivity index (χ3v) is 3.97. The number of nitrogens with zero attached hydrogens (tertiary/aromatic N) is 2. The number of hydrogen-bond donors (Lipinski definition) is 0. The highest BCUT2D eigenvalue weighted by Gasteiger charge is 2.15. The van der Waals surface area contributed by atoms with Crippen molar-refractivity contribution in [3.63, 3.8) is 0 Å². The minimum atomic E-state index is -0.339. The standard InChI is InChI=1S/C18H18N2O2/c21-20(22)18-8-4-7-17(13-18)16-9-11-19(12-10-16)14-15-5-2-1-3-6-15/h1-9,13H,10-12,14H2. The van der Waals surface area contributed by atoms with Gasteiger partial charge in [0.2, 0.25) is 0 Å². The van der Waals surface area contributed by atoms with E-state index in [1.54, 1.807) is 12.1 Å². The molecule has 0 saturated carbocycles. The monoisotopic (exact) mass is 294 g/mol. The molecule has 2 aromatic rings. The van der Waals surface area contributed by atoms with Gasteiger partial charge in [0.05, 0.1) is 4.92 Å². The second-order valence-corrected chi connectivity index (χ2v) is 5.51. The van der Waals surface area contributed by atoms with Crippen molar-refractivity contribution in [3.8, 4) is 0 Å². The molecule has 22 heavy (non-hydrogen) atoms. The van der Waals surface area contributed by atoms with Crippen molar-refractivity contribution in [2.75, 3.05) is 13.1 Å². The van der Waals surface area contributed by atoms with Crippen molar-refractivity contribution in [1.29, 1.82) is 0 Å². The molecule has 0 saturated heterocycles. The fraction of sp³-hybridized carbons (Fsp3) is 0.222. The Morgan fingerprint density at radius 2 is 1.91 bits per heavy atom. The maximum atomic E-state index is 10.9. The van der Waals surface area contributed by atoms with E-state index in [0.717, 1.165) is 31.6 Å². The van der Waals surface area contributed by atoms with Gasteiger partial charge in [-0.15, -0.1) is 0 Å². The van der Waals surface area contributed by atoms with Gasteiger partial charge in [-0.2, -0.15) is 0 Å². The van der Waals surface area contributed by atoms with Crippen LogP contribution in [0.5, 0.6) is 0 Å². The molecule has 0 atom stereocenters. The second-order valence-electron chi connectivity index (χ2n) is 5.51. The van der Waals surface area contributed by atoms with Crippen molar-refractivity contribution < 1.29 is 4.92 Å². The van der Waals surface area contributed by atoms with Crippen molar-refractivity contribution >= 4 is 11.3 Å². The van der Waals surface area contributed by atoms with E-state index in [1.807, 2.05) is 12.1 Å². The van der Waals surface area contributed by atoms with Gasteiger partial charge in [0.25, 0.3) is 5.69 Å². The molecule has 4 nitrogen and oxygen atoms in total. The number of nitro groups is 1. The first-order valence-corrected chi connectivity index (χ1v) is 7.42. The van der Waals surface area contributed by atoms with Crippen LogP contribution in [0.15, 0.2) is 60.7 Å². The zero-order valence-electron chi connectivity index (χ0n) is 12.3. The third-order valence-electron chi connectivity index (χ3n) is 3.97. The molecular formula is C18H18N2O2. The molecule has 112 valence electrons. The summed E-state index contributed by atoms with van der Waals surface area (Å²) in [6.45, 7) is 2.80. The lowest BCUT2D eigenvalue weighted by atomic mass is 9.99. The predicted octanol–water partition coefficient (Wildman–Crippen LogP) is 3.88. The van der Waals surface area contributed by atoms with Crippen LogP contribution < -0.4 is 0 Å². The molecule has 0 radical (unpaired) electrons. The molecule has 4 heteroatoms. The number of rotatable bonds is 4. The summed E-state index contributed by atoms with van der Waals surface area (Å²) >= 11 is 0. The van der Waals surface area contributed by atoms with Crippen molar-refractivity contribution in [3.05, 3.63) is 81.9 Å². The van der Waals surface area contributed by atoms with Crippen LogP contribution in [0.2, 0.25) is 0 Å². The maximum absolute atomic E-state index is 10.9. The van der Waals surface area contributed by atoms with E-state index in [0.29, 0.717) is 0 Å². The predicted molar refractivity (Wildman–Crippen MR) is 87.4 cm³/mol. The van der Waals surface area contributed by atoms with Crippen LogP contribution in [0, 0.1) is 10.1 Å². The van der Waals surface area contributed by atoms with Crippen LogP contribution in [-0.4, -0.2) is 22.9 Å². The largest absolute Gasteiger partial charge is 0.295 e. The van der Waals surface area contributed by atoms with Gasteiger partial charge < -0.3 is 0 Å². The summed E-state index contributed by atoms with van der Waals surface area (Å²) in [5.41, 5.74) is 3.64. The highest BCUT2D eigenvalue weighted by atomic mass is 16.6. The average molecular weight is 294 g/mol. The van der Waals surface area contributed by atoms with E-state index in [1.165, 1.54) is 17.2 Å². The Balaban J connectivity index is 1.68. The fourth-order valence-electron chi connectivity index (χ4n) is 2.78. The average Bonchev–Trinajstić information content (AvgIpc) is 2.56. The Morgan fingerprint density at radius 3 is 2.59 bits per heavy atom. The first-order chi connectivity index (χ1) is 10.7. The van der Waals surface area contributed by atoms with Crippen LogP contribution in [0.4, 0.5) is 5.69 Å². The third kappa shape index (κ3) is 3.40. The first-order valence-electron chi connectivity index (χ1n) is 7.42. The summed E-state index contributed by atoms with van der Waals surface area (Å²) in [5.74, 6) is 0. The molecule has 1 heterocycles. The minimum absolute atomic E-state index is 0.158. The highest BCUT2D eigenvalue weighted by molar-refractivity contribution is 5.68. The molecule has 0 bridgehead atoms. The summed E-state index contributed by atoms with van der Waals surface area (Å²) in [7, 11) is 0. The number of nitro benzene ring substituents is 1. The number of hydrogen-bond acceptors (Lipinski definition) is 3. The highest BCUT2D eigenvalue weighted by Crippen LogP contribution is 2.25. The molecule has 0 fully saturated rings. The van der Waals surface area contributed by atoms with E-state index in [2.05, 4.69) is 35.2 Å². The van der Waals surface area contributed by atoms with Gasteiger partial charge >= 0.3 is 0 Å². The SMILES string of the molecule is O=[N+]([O-])c1cccc(C2=CCN(Cc3ccccc3)CC2)c1. The van der Waals surface area contributed by atoms with Crippen LogP contribution in [0.1, 0.15) is 17.5 Å². The molecule has 0 aromatic heterocycles. The molecule has 0 aliphatic carbocycles. The van der Waals surface area contributed by atoms with E-state index >= 15 is 0 Å². The molecule has 1 aliphatic rings. The van der Waals surface area contributed by atoms with Gasteiger partial charge in [0.1, 0.15) is 0 Å². The lowest BCUT2D eigenvalue weighted by molar-refractivity contribution is -0.384. The second kappa shape index (κ2) is 6.54. The van der Waals surface area contributed by atoms with Gasteiger partial charge in [-0.05, 0) is 23.1 Å². The van der Waals surface area contributed by atoms with Crippen molar-refractivity contribution in [2.24, 2.45) is 0 Å². The Bertz CT molecular complexity index is 695. The number of non-ortho nitro benzene ring substituents is 1. The minimum Gasteiger partial charge on any atom is -0.295 e. The van der Waals surface area contributed by atoms with Gasteiger partial charge in [-0.1, -0.05) is 48.5 Å². The molecule has 3 rings (SSSR count). The number of benzene rings is 2. The summed E-state index contributed by atoms with van der Waals surface area (Å²) in [5, 5.41) is 10.9. The van der Waals surface area contributed by atoms with Gasteiger partial charge in [-0.25, -0.2) is 0 Å². The van der Waals surface area contributed by atoms with Crippen molar-refractivity contribution in [2.45, 2.75) is 13.0 Å². The summed E-state index contributed by atoms with van der Waals surface area (Å²) in [6.07, 6.45) is 3.11. The lowest BCUT2D eigenvalue weighted by Crippen LogP contribution is -2.27. The fourth-order valence-corrected chi connectivity index (χ4v) is 2.78. The van der Waals surface area contributed by atoms with Crippen LogP contribution in [0.25, 0.3) is 5.57 Å². The van der Waals surface area contributed by atoms with E-state index in [4.69, 9.17) is 0 Å².